The van der Waals surface area contributed by atoms with Gasteiger partial charge in [-0.05, 0) is 62.6 Å². The van der Waals surface area contributed by atoms with Gasteiger partial charge in [0.05, 0.1) is 22.8 Å². The van der Waals surface area contributed by atoms with Crippen molar-refractivity contribution in [1.82, 2.24) is 10.3 Å². The number of ether oxygens (including phenoxy) is 1. The van der Waals surface area contributed by atoms with Crippen LogP contribution in [0.1, 0.15) is 64.1 Å². The number of thiazole rings is 1. The minimum absolute atomic E-state index is 0.0353. The first-order valence-electron chi connectivity index (χ1n) is 12.0. The van der Waals surface area contributed by atoms with E-state index in [2.05, 4.69) is 10.3 Å². The molecule has 1 heterocycles. The lowest BCUT2D eigenvalue weighted by Crippen LogP contribution is -2.47. The summed E-state index contributed by atoms with van der Waals surface area (Å²) >= 11 is 7.39. The van der Waals surface area contributed by atoms with E-state index in [1.54, 1.807) is 38.3 Å². The monoisotopic (exact) mass is 529 g/mol. The van der Waals surface area contributed by atoms with Crippen LogP contribution >= 0.6 is 22.9 Å². The molecular weight excluding hydrogens is 501 g/mol. The molecule has 6 nitrogen and oxygen atoms in total. The van der Waals surface area contributed by atoms with E-state index in [0.29, 0.717) is 27.6 Å². The molecule has 0 radical (unpaired) electrons. The van der Waals surface area contributed by atoms with Crippen molar-refractivity contribution in [3.8, 4) is 5.75 Å². The van der Waals surface area contributed by atoms with E-state index in [1.807, 2.05) is 6.92 Å². The molecule has 190 valence electrons. The van der Waals surface area contributed by atoms with Crippen LogP contribution < -0.4 is 15.0 Å². The zero-order chi connectivity index (χ0) is 25.8. The van der Waals surface area contributed by atoms with Gasteiger partial charge < -0.3 is 10.1 Å². The van der Waals surface area contributed by atoms with Crippen molar-refractivity contribution in [1.29, 1.82) is 0 Å². The van der Waals surface area contributed by atoms with Crippen LogP contribution in [0, 0.1) is 19.7 Å². The van der Waals surface area contributed by atoms with Crippen molar-refractivity contribution in [2.45, 2.75) is 58.0 Å². The van der Waals surface area contributed by atoms with Gasteiger partial charge in [0, 0.05) is 11.7 Å². The summed E-state index contributed by atoms with van der Waals surface area (Å²) in [5.74, 6) is -0.688. The van der Waals surface area contributed by atoms with Crippen molar-refractivity contribution in [3.05, 3.63) is 74.4 Å². The number of halogens is 2. The molecule has 1 fully saturated rings. The van der Waals surface area contributed by atoms with Crippen LogP contribution in [0.3, 0.4) is 0 Å². The second-order valence-corrected chi connectivity index (χ2v) is 10.6. The van der Waals surface area contributed by atoms with E-state index >= 15 is 0 Å². The normalized spacial score (nSPS) is 14.8. The predicted molar refractivity (Wildman–Crippen MR) is 141 cm³/mol. The summed E-state index contributed by atoms with van der Waals surface area (Å²) < 4.78 is 19.4. The molecule has 0 aliphatic heterocycles. The number of amides is 2. The van der Waals surface area contributed by atoms with Gasteiger partial charge in [-0.3, -0.25) is 14.5 Å². The highest BCUT2D eigenvalue weighted by atomic mass is 35.5. The number of anilines is 1. The van der Waals surface area contributed by atoms with Gasteiger partial charge in [0.25, 0.3) is 5.91 Å². The minimum atomic E-state index is -1.02. The lowest BCUT2D eigenvalue weighted by Gasteiger charge is -2.33. The summed E-state index contributed by atoms with van der Waals surface area (Å²) in [6, 6.07) is 10.1. The number of aryl methyl sites for hydroxylation is 2. The molecular formula is C27H29ClFN3O3S. The number of hydrogen-bond acceptors (Lipinski definition) is 5. The fourth-order valence-corrected chi connectivity index (χ4v) is 5.62. The molecule has 0 saturated heterocycles. The van der Waals surface area contributed by atoms with Crippen LogP contribution in [-0.2, 0) is 4.79 Å². The maximum absolute atomic E-state index is 14.1. The van der Waals surface area contributed by atoms with Crippen LogP contribution in [0.2, 0.25) is 5.02 Å². The van der Waals surface area contributed by atoms with Gasteiger partial charge in [0.1, 0.15) is 22.5 Å². The summed E-state index contributed by atoms with van der Waals surface area (Å²) in [5.41, 5.74) is 1.48. The topological polar surface area (TPSA) is 71.5 Å². The summed E-state index contributed by atoms with van der Waals surface area (Å²) in [7, 11) is 1.56. The molecule has 1 aliphatic rings. The van der Waals surface area contributed by atoms with E-state index < -0.39 is 17.8 Å². The first-order valence-corrected chi connectivity index (χ1v) is 13.1. The Morgan fingerprint density at radius 1 is 1.14 bits per heavy atom. The number of methoxy groups -OCH3 is 1. The van der Waals surface area contributed by atoms with E-state index in [1.165, 1.54) is 34.4 Å². The number of aromatic nitrogens is 1. The van der Waals surface area contributed by atoms with Crippen molar-refractivity contribution in [2.24, 2.45) is 0 Å². The maximum atomic E-state index is 14.1. The number of rotatable bonds is 7. The molecule has 3 aromatic rings. The molecule has 1 unspecified atom stereocenters. The lowest BCUT2D eigenvalue weighted by atomic mass is 9.94. The van der Waals surface area contributed by atoms with E-state index in [0.717, 1.165) is 37.1 Å². The van der Waals surface area contributed by atoms with E-state index in [4.69, 9.17) is 16.3 Å². The molecule has 0 bridgehead atoms. The SMILES string of the molecule is COc1ccc(C(C(=O)NC2CCCCC2)N(C(=O)c2sc(C)nc2C)c2ccc(F)c(Cl)c2)cc1. The summed E-state index contributed by atoms with van der Waals surface area (Å²) in [6.45, 7) is 3.58. The standard InChI is InChI=1S/C27H29ClFN3O3S/c1-16-25(36-17(2)30-16)27(34)32(20-11-14-23(29)22(28)15-20)24(18-9-12-21(35-3)13-10-18)26(33)31-19-7-5-4-6-8-19/h9-15,19,24H,4-8H2,1-3H3,(H,31,33). The van der Waals surface area contributed by atoms with Gasteiger partial charge in [-0.25, -0.2) is 9.37 Å². The Morgan fingerprint density at radius 3 is 2.42 bits per heavy atom. The second-order valence-electron chi connectivity index (χ2n) is 8.94. The number of benzene rings is 2. The van der Waals surface area contributed by atoms with Crippen LogP contribution in [0.4, 0.5) is 10.1 Å². The Hall–Kier alpha value is -2.97. The van der Waals surface area contributed by atoms with Gasteiger partial charge in [-0.2, -0.15) is 0 Å². The van der Waals surface area contributed by atoms with Gasteiger partial charge in [0.2, 0.25) is 5.91 Å². The van der Waals surface area contributed by atoms with Gasteiger partial charge >= 0.3 is 0 Å². The molecule has 0 spiro atoms. The van der Waals surface area contributed by atoms with Gasteiger partial charge in [-0.1, -0.05) is 43.0 Å². The predicted octanol–water partition coefficient (Wildman–Crippen LogP) is 6.40. The number of carbonyl (C=O) groups excluding carboxylic acids is 2. The molecule has 1 N–H and O–H groups in total. The Balaban J connectivity index is 1.84. The minimum Gasteiger partial charge on any atom is -0.497 e. The van der Waals surface area contributed by atoms with Crippen LogP contribution in [0.5, 0.6) is 5.75 Å². The molecule has 1 aliphatic carbocycles. The fraction of sp³-hybridized carbons (Fsp3) is 0.370. The highest BCUT2D eigenvalue weighted by Gasteiger charge is 2.36. The Labute approximate surface area is 219 Å². The fourth-order valence-electron chi connectivity index (χ4n) is 4.59. The number of carbonyl (C=O) groups is 2. The van der Waals surface area contributed by atoms with E-state index in [-0.39, 0.29) is 17.0 Å². The first kappa shape index (κ1) is 26.1. The molecule has 1 saturated carbocycles. The highest BCUT2D eigenvalue weighted by Crippen LogP contribution is 2.35. The zero-order valence-corrected chi connectivity index (χ0v) is 22.1. The molecule has 2 aromatic carbocycles. The third-order valence-corrected chi connectivity index (χ3v) is 7.74. The van der Waals surface area contributed by atoms with Crippen LogP contribution in [0.15, 0.2) is 42.5 Å². The molecule has 4 rings (SSSR count). The quantitative estimate of drug-likeness (QED) is 0.384. The summed E-state index contributed by atoms with van der Waals surface area (Å²) in [5, 5.41) is 3.77. The third-order valence-electron chi connectivity index (χ3n) is 6.39. The van der Waals surface area contributed by atoms with Gasteiger partial charge in [0.15, 0.2) is 0 Å². The largest absolute Gasteiger partial charge is 0.497 e. The second kappa shape index (κ2) is 11.4. The zero-order valence-electron chi connectivity index (χ0n) is 20.5. The van der Waals surface area contributed by atoms with Crippen LogP contribution in [0.25, 0.3) is 0 Å². The average Bonchev–Trinajstić information content (AvgIpc) is 3.22. The van der Waals surface area contributed by atoms with Crippen molar-refractivity contribution >= 4 is 40.4 Å². The number of hydrogen-bond donors (Lipinski definition) is 1. The molecule has 36 heavy (non-hydrogen) atoms. The van der Waals surface area contributed by atoms with E-state index in [9.17, 15) is 14.0 Å². The Kier molecular flexibility index (Phi) is 8.26. The van der Waals surface area contributed by atoms with Gasteiger partial charge in [-0.15, -0.1) is 11.3 Å². The number of nitrogens with zero attached hydrogens (tertiary/aromatic N) is 2. The third kappa shape index (κ3) is 5.71. The smallest absolute Gasteiger partial charge is 0.271 e. The number of nitrogens with one attached hydrogen (secondary N) is 1. The highest BCUT2D eigenvalue weighted by molar-refractivity contribution is 7.13. The van der Waals surface area contributed by atoms with Crippen molar-refractivity contribution < 1.29 is 18.7 Å². The Morgan fingerprint density at radius 2 is 1.83 bits per heavy atom. The van der Waals surface area contributed by atoms with Crippen LogP contribution in [-0.4, -0.2) is 29.9 Å². The van der Waals surface area contributed by atoms with Crippen molar-refractivity contribution in [2.75, 3.05) is 12.0 Å². The lowest BCUT2D eigenvalue weighted by molar-refractivity contribution is -0.123. The summed E-state index contributed by atoms with van der Waals surface area (Å²) in [4.78, 5) is 34.2. The molecule has 2 amide bonds. The summed E-state index contributed by atoms with van der Waals surface area (Å²) in [6.07, 6.45) is 5.04. The molecule has 9 heteroatoms. The maximum Gasteiger partial charge on any atom is 0.271 e. The average molecular weight is 530 g/mol. The van der Waals surface area contributed by atoms with Crippen molar-refractivity contribution in [3.63, 3.8) is 0 Å². The molecule has 1 atom stereocenters. The Bertz CT molecular complexity index is 1240. The first-order chi connectivity index (χ1) is 17.3. The molecule has 1 aromatic heterocycles.